The molecule has 0 aliphatic rings. The number of hydrogen-bond acceptors (Lipinski definition) is 3. The van der Waals surface area contributed by atoms with Crippen LogP contribution in [0.5, 0.6) is 0 Å². The summed E-state index contributed by atoms with van der Waals surface area (Å²) in [6.45, 7) is 1.16. The van der Waals surface area contributed by atoms with Gasteiger partial charge in [-0.2, -0.15) is 0 Å². The minimum Gasteiger partial charge on any atom is -0.479 e. The largest absolute Gasteiger partial charge is 0.479 e. The van der Waals surface area contributed by atoms with Crippen molar-refractivity contribution in [3.63, 3.8) is 0 Å². The number of aliphatic hydroxyl groups excluding tert-OH is 1. The van der Waals surface area contributed by atoms with Crippen LogP contribution in [-0.2, 0) is 9.53 Å². The smallest absolute Gasteiger partial charge is 0.338 e. The molecule has 0 heterocycles. The molecule has 1 atom stereocenters. The van der Waals surface area contributed by atoms with Gasteiger partial charge in [0.2, 0.25) is 0 Å². The highest BCUT2D eigenvalue weighted by Crippen LogP contribution is 2.13. The van der Waals surface area contributed by atoms with Crippen LogP contribution in [0.25, 0.3) is 0 Å². The third-order valence-corrected chi connectivity index (χ3v) is 1.61. The Balaban J connectivity index is 4.31. The highest BCUT2D eigenvalue weighted by atomic mass is 16.5. The van der Waals surface area contributed by atoms with Crippen molar-refractivity contribution in [2.45, 2.75) is 18.9 Å². The number of hydrogen-bond donors (Lipinski definition) is 2. The van der Waals surface area contributed by atoms with Crippen LogP contribution in [0.2, 0.25) is 0 Å². The first-order valence-electron chi connectivity index (χ1n) is 3.02. The van der Waals surface area contributed by atoms with Gasteiger partial charge < -0.3 is 14.9 Å². The van der Waals surface area contributed by atoms with Gasteiger partial charge in [-0.15, -0.1) is 0 Å². The zero-order valence-corrected chi connectivity index (χ0v) is 6.13. The van der Waals surface area contributed by atoms with Crippen molar-refractivity contribution in [2.75, 3.05) is 13.7 Å². The maximum absolute atomic E-state index is 10.4. The van der Waals surface area contributed by atoms with Crippen LogP contribution in [0.3, 0.4) is 0 Å². The van der Waals surface area contributed by atoms with Gasteiger partial charge in [0.1, 0.15) is 0 Å². The molecule has 0 amide bonds. The SMILES string of the molecule is CCC(CO)(OC)C(=O)O. The number of carbonyl (C=O) groups is 1. The number of aliphatic carboxylic acids is 1. The lowest BCUT2D eigenvalue weighted by molar-refractivity contribution is -0.167. The van der Waals surface area contributed by atoms with Crippen molar-refractivity contribution in [2.24, 2.45) is 0 Å². The Morgan fingerprint density at radius 3 is 2.20 bits per heavy atom. The van der Waals surface area contributed by atoms with Gasteiger partial charge in [0, 0.05) is 7.11 Å². The van der Waals surface area contributed by atoms with E-state index in [-0.39, 0.29) is 6.42 Å². The topological polar surface area (TPSA) is 66.8 Å². The van der Waals surface area contributed by atoms with Crippen LogP contribution >= 0.6 is 0 Å². The quantitative estimate of drug-likeness (QED) is 0.582. The van der Waals surface area contributed by atoms with Crippen molar-refractivity contribution in [1.29, 1.82) is 0 Å². The molecular weight excluding hydrogens is 136 g/mol. The van der Waals surface area contributed by atoms with E-state index >= 15 is 0 Å². The third kappa shape index (κ3) is 1.46. The van der Waals surface area contributed by atoms with Crippen LogP contribution in [0.1, 0.15) is 13.3 Å². The number of carboxylic acids is 1. The predicted molar refractivity (Wildman–Crippen MR) is 34.8 cm³/mol. The number of rotatable bonds is 4. The molecule has 10 heavy (non-hydrogen) atoms. The van der Waals surface area contributed by atoms with Gasteiger partial charge >= 0.3 is 5.97 Å². The van der Waals surface area contributed by atoms with Gasteiger partial charge in [-0.1, -0.05) is 6.92 Å². The lowest BCUT2D eigenvalue weighted by atomic mass is 10.0. The summed E-state index contributed by atoms with van der Waals surface area (Å²) in [5, 5.41) is 17.2. The highest BCUT2D eigenvalue weighted by molar-refractivity contribution is 5.77. The van der Waals surface area contributed by atoms with Gasteiger partial charge in [-0.05, 0) is 6.42 Å². The normalized spacial score (nSPS) is 16.3. The molecule has 0 saturated heterocycles. The zero-order valence-electron chi connectivity index (χ0n) is 6.13. The first-order chi connectivity index (χ1) is 4.63. The van der Waals surface area contributed by atoms with E-state index < -0.39 is 18.2 Å². The molecule has 2 N–H and O–H groups in total. The summed E-state index contributed by atoms with van der Waals surface area (Å²) in [6.07, 6.45) is 0.259. The molecule has 0 aromatic carbocycles. The first-order valence-corrected chi connectivity index (χ1v) is 3.02. The van der Waals surface area contributed by atoms with Gasteiger partial charge in [-0.3, -0.25) is 0 Å². The second-order valence-corrected chi connectivity index (χ2v) is 2.02. The van der Waals surface area contributed by atoms with Gasteiger partial charge in [0.25, 0.3) is 0 Å². The Morgan fingerprint density at radius 1 is 1.70 bits per heavy atom. The van der Waals surface area contributed by atoms with Crippen molar-refractivity contribution in [1.82, 2.24) is 0 Å². The predicted octanol–water partition coefficient (Wildman–Crippen LogP) is -0.142. The standard InChI is InChI=1S/C6H12O4/c1-3-6(4-7,10-2)5(8)9/h7H,3-4H2,1-2H3,(H,8,9). The van der Waals surface area contributed by atoms with E-state index in [9.17, 15) is 4.79 Å². The summed E-state index contributed by atoms with van der Waals surface area (Å²) in [6, 6.07) is 0. The Kier molecular flexibility index (Phi) is 3.32. The lowest BCUT2D eigenvalue weighted by Crippen LogP contribution is -2.43. The fourth-order valence-electron chi connectivity index (χ4n) is 0.627. The summed E-state index contributed by atoms with van der Waals surface area (Å²) >= 11 is 0. The molecule has 4 nitrogen and oxygen atoms in total. The molecule has 0 aromatic rings. The van der Waals surface area contributed by atoms with E-state index in [1.54, 1.807) is 6.92 Å². The van der Waals surface area contributed by atoms with Gasteiger partial charge in [-0.25, -0.2) is 4.79 Å². The molecule has 0 aliphatic carbocycles. The molecule has 0 rings (SSSR count). The third-order valence-electron chi connectivity index (χ3n) is 1.61. The van der Waals surface area contributed by atoms with Crippen LogP contribution in [0.15, 0.2) is 0 Å². The van der Waals surface area contributed by atoms with E-state index in [1.807, 2.05) is 0 Å². The molecule has 0 spiro atoms. The highest BCUT2D eigenvalue weighted by Gasteiger charge is 2.35. The summed E-state index contributed by atoms with van der Waals surface area (Å²) in [4.78, 5) is 10.4. The Hall–Kier alpha value is -0.610. The van der Waals surface area contributed by atoms with E-state index in [1.165, 1.54) is 7.11 Å². The number of ether oxygens (including phenoxy) is 1. The summed E-state index contributed by atoms with van der Waals surface area (Å²) in [7, 11) is 1.27. The molecule has 0 aromatic heterocycles. The summed E-state index contributed by atoms with van der Waals surface area (Å²) in [5.41, 5.74) is -1.40. The molecule has 0 fully saturated rings. The average molecular weight is 148 g/mol. The zero-order chi connectivity index (χ0) is 8.20. The molecule has 0 saturated carbocycles. The fourth-order valence-corrected chi connectivity index (χ4v) is 0.627. The molecule has 4 heteroatoms. The second-order valence-electron chi connectivity index (χ2n) is 2.02. The van der Waals surface area contributed by atoms with Gasteiger partial charge in [0.15, 0.2) is 5.60 Å². The van der Waals surface area contributed by atoms with E-state index in [2.05, 4.69) is 4.74 Å². The Morgan fingerprint density at radius 2 is 2.20 bits per heavy atom. The van der Waals surface area contributed by atoms with E-state index in [0.717, 1.165) is 0 Å². The fraction of sp³-hybridized carbons (Fsp3) is 0.833. The monoisotopic (exact) mass is 148 g/mol. The molecule has 60 valence electrons. The summed E-state index contributed by atoms with van der Waals surface area (Å²) < 4.78 is 4.65. The summed E-state index contributed by atoms with van der Waals surface area (Å²) in [5.74, 6) is -1.12. The molecule has 1 unspecified atom stereocenters. The van der Waals surface area contributed by atoms with Crippen molar-refractivity contribution in [3.05, 3.63) is 0 Å². The average Bonchev–Trinajstić information content (AvgIpc) is 1.92. The van der Waals surface area contributed by atoms with E-state index in [4.69, 9.17) is 10.2 Å². The Labute approximate surface area is 59.4 Å². The van der Waals surface area contributed by atoms with Crippen LogP contribution in [0.4, 0.5) is 0 Å². The molecule has 0 radical (unpaired) electrons. The van der Waals surface area contributed by atoms with E-state index in [0.29, 0.717) is 0 Å². The first kappa shape index (κ1) is 9.39. The van der Waals surface area contributed by atoms with Crippen molar-refractivity contribution < 1.29 is 19.7 Å². The lowest BCUT2D eigenvalue weighted by Gasteiger charge is -2.23. The van der Waals surface area contributed by atoms with Crippen LogP contribution in [0, 0.1) is 0 Å². The van der Waals surface area contributed by atoms with Crippen LogP contribution in [-0.4, -0.2) is 35.5 Å². The minimum absolute atomic E-state index is 0.259. The van der Waals surface area contributed by atoms with Gasteiger partial charge in [0.05, 0.1) is 6.61 Å². The maximum atomic E-state index is 10.4. The maximum Gasteiger partial charge on any atom is 0.338 e. The number of carboxylic acid groups (broad SMARTS) is 1. The molecule has 0 aliphatic heterocycles. The van der Waals surface area contributed by atoms with Crippen LogP contribution < -0.4 is 0 Å². The number of methoxy groups -OCH3 is 1. The minimum atomic E-state index is -1.40. The molecular formula is C6H12O4. The number of aliphatic hydroxyl groups is 1. The van der Waals surface area contributed by atoms with Crippen molar-refractivity contribution >= 4 is 5.97 Å². The second kappa shape index (κ2) is 3.53. The van der Waals surface area contributed by atoms with Crippen molar-refractivity contribution in [3.8, 4) is 0 Å². The molecule has 0 bridgehead atoms. The Bertz CT molecular complexity index is 109.